The van der Waals surface area contributed by atoms with Crippen LogP contribution in [0, 0.1) is 6.92 Å². The fourth-order valence-electron chi connectivity index (χ4n) is 0.748. The molecule has 0 aliphatic rings. The summed E-state index contributed by atoms with van der Waals surface area (Å²) in [6.45, 7) is 5.81. The molecule has 1 amide bonds. The van der Waals surface area contributed by atoms with E-state index in [1.165, 1.54) is 6.20 Å². The maximum atomic E-state index is 10.7. The van der Waals surface area contributed by atoms with Crippen LogP contribution < -0.4 is 5.73 Å². The zero-order valence-electron chi connectivity index (χ0n) is 7.97. The number of carbonyl (C=O) groups is 1. The highest BCUT2D eigenvalue weighted by Crippen LogP contribution is 2.16. The minimum absolute atomic E-state index is 0.448. The predicted molar refractivity (Wildman–Crippen MR) is 56.5 cm³/mol. The Balaban J connectivity index is 0.000000671. The van der Waals surface area contributed by atoms with E-state index < -0.39 is 5.91 Å². The molecule has 0 unspecified atom stereocenters. The normalized spacial score (nSPS) is 8.62. The van der Waals surface area contributed by atoms with Gasteiger partial charge in [-0.3, -0.25) is 9.78 Å². The lowest BCUT2D eigenvalue weighted by Gasteiger charge is -2.00. The molecule has 0 radical (unpaired) electrons. The molecule has 0 atom stereocenters. The monoisotopic (exact) mass is 244 g/mol. The Kier molecular flexibility index (Phi) is 5.30. The number of hydrogen-bond donors (Lipinski definition) is 1. The Morgan fingerprint density at radius 3 is 2.38 bits per heavy atom. The summed E-state index contributed by atoms with van der Waals surface area (Å²) in [7, 11) is 0. The van der Waals surface area contributed by atoms with E-state index in [1.807, 2.05) is 20.8 Å². The van der Waals surface area contributed by atoms with E-state index in [-0.39, 0.29) is 0 Å². The van der Waals surface area contributed by atoms with Gasteiger partial charge in [-0.2, -0.15) is 0 Å². The molecule has 72 valence electrons. The molecule has 4 heteroatoms. The maximum Gasteiger partial charge on any atom is 0.250 e. The van der Waals surface area contributed by atoms with Crippen LogP contribution in [0.25, 0.3) is 0 Å². The summed E-state index contributed by atoms with van der Waals surface area (Å²) in [5, 5.41) is 0. The van der Waals surface area contributed by atoms with Gasteiger partial charge in [0.2, 0.25) is 0 Å². The molecule has 0 saturated carbocycles. The zero-order valence-corrected chi connectivity index (χ0v) is 9.55. The molecule has 0 aliphatic heterocycles. The van der Waals surface area contributed by atoms with Gasteiger partial charge in [0, 0.05) is 16.9 Å². The fourth-order valence-corrected chi connectivity index (χ4v) is 1.08. The molecule has 0 aromatic carbocycles. The molecule has 0 spiro atoms. The Morgan fingerprint density at radius 1 is 1.46 bits per heavy atom. The molecular weight excluding hydrogens is 232 g/mol. The van der Waals surface area contributed by atoms with Gasteiger partial charge >= 0.3 is 0 Å². The molecule has 1 heterocycles. The van der Waals surface area contributed by atoms with Crippen LogP contribution >= 0.6 is 15.9 Å². The molecule has 0 saturated heterocycles. The average molecular weight is 245 g/mol. The number of aromatic nitrogens is 1. The molecule has 0 aliphatic carbocycles. The number of halogens is 1. The molecule has 13 heavy (non-hydrogen) atoms. The highest BCUT2D eigenvalue weighted by Gasteiger charge is 2.06. The van der Waals surface area contributed by atoms with E-state index in [9.17, 15) is 4.79 Å². The first kappa shape index (κ1) is 12.1. The summed E-state index contributed by atoms with van der Waals surface area (Å²) in [4.78, 5) is 14.6. The van der Waals surface area contributed by atoms with Crippen LogP contribution in [0.15, 0.2) is 16.9 Å². The molecule has 1 aromatic rings. The van der Waals surface area contributed by atoms with Crippen molar-refractivity contribution in [2.75, 3.05) is 0 Å². The Labute approximate surface area is 86.5 Å². The summed E-state index contributed by atoms with van der Waals surface area (Å²) < 4.78 is 0.800. The van der Waals surface area contributed by atoms with Gasteiger partial charge < -0.3 is 5.73 Å². The van der Waals surface area contributed by atoms with Gasteiger partial charge in [-0.15, -0.1) is 0 Å². The molecule has 1 rings (SSSR count). The first-order valence-corrected chi connectivity index (χ1v) is 4.82. The number of rotatable bonds is 1. The average Bonchev–Trinajstić information content (AvgIpc) is 2.13. The smallest absolute Gasteiger partial charge is 0.250 e. The second kappa shape index (κ2) is 5.70. The van der Waals surface area contributed by atoms with E-state index in [0.717, 1.165) is 10.0 Å². The summed E-state index contributed by atoms with van der Waals surface area (Å²) >= 11 is 3.24. The number of nitrogens with two attached hydrogens (primary N) is 1. The van der Waals surface area contributed by atoms with Crippen LogP contribution in [0.1, 0.15) is 29.8 Å². The second-order valence-corrected chi connectivity index (χ2v) is 3.01. The SMILES string of the molecule is CC.Cc1c(Br)cncc1C(N)=O. The lowest BCUT2D eigenvalue weighted by Crippen LogP contribution is -2.13. The second-order valence-electron chi connectivity index (χ2n) is 2.16. The molecule has 1 aromatic heterocycles. The van der Waals surface area contributed by atoms with Gasteiger partial charge in [0.05, 0.1) is 5.56 Å². The van der Waals surface area contributed by atoms with Crippen LogP contribution in [-0.4, -0.2) is 10.9 Å². The van der Waals surface area contributed by atoms with Gasteiger partial charge in [-0.05, 0) is 28.4 Å². The first-order chi connectivity index (χ1) is 6.13. The third-order valence-corrected chi connectivity index (χ3v) is 2.22. The van der Waals surface area contributed by atoms with Gasteiger partial charge in [0.15, 0.2) is 0 Å². The number of hydrogen-bond acceptors (Lipinski definition) is 2. The zero-order chi connectivity index (χ0) is 10.4. The number of pyridine rings is 1. The van der Waals surface area contributed by atoms with Gasteiger partial charge in [-0.1, -0.05) is 13.8 Å². The van der Waals surface area contributed by atoms with Crippen molar-refractivity contribution >= 4 is 21.8 Å². The van der Waals surface area contributed by atoms with Gasteiger partial charge in [-0.25, -0.2) is 0 Å². The standard InChI is InChI=1S/C7H7BrN2O.C2H6/c1-4-5(7(9)11)2-10-3-6(4)8;1-2/h2-3H,1H3,(H2,9,11);1-2H3. The minimum atomic E-state index is -0.448. The van der Waals surface area contributed by atoms with Crippen LogP contribution in [0.5, 0.6) is 0 Å². The highest BCUT2D eigenvalue weighted by atomic mass is 79.9. The molecule has 0 bridgehead atoms. The minimum Gasteiger partial charge on any atom is -0.366 e. The van der Waals surface area contributed by atoms with Crippen molar-refractivity contribution in [2.24, 2.45) is 5.73 Å². The lowest BCUT2D eigenvalue weighted by molar-refractivity contribution is 0.0999. The van der Waals surface area contributed by atoms with Crippen molar-refractivity contribution in [1.29, 1.82) is 0 Å². The van der Waals surface area contributed by atoms with Crippen LogP contribution in [0.2, 0.25) is 0 Å². The van der Waals surface area contributed by atoms with E-state index in [2.05, 4.69) is 20.9 Å². The van der Waals surface area contributed by atoms with E-state index in [0.29, 0.717) is 5.56 Å². The van der Waals surface area contributed by atoms with Gasteiger partial charge in [0.1, 0.15) is 0 Å². The quantitative estimate of drug-likeness (QED) is 0.825. The van der Waals surface area contributed by atoms with E-state index in [4.69, 9.17) is 5.73 Å². The van der Waals surface area contributed by atoms with Crippen molar-refractivity contribution < 1.29 is 4.79 Å². The highest BCUT2D eigenvalue weighted by molar-refractivity contribution is 9.10. The number of primary amides is 1. The van der Waals surface area contributed by atoms with E-state index >= 15 is 0 Å². The Morgan fingerprint density at radius 2 is 2.00 bits per heavy atom. The van der Waals surface area contributed by atoms with Crippen LogP contribution in [0.3, 0.4) is 0 Å². The lowest BCUT2D eigenvalue weighted by atomic mass is 10.1. The molecular formula is C9H13BrN2O. The van der Waals surface area contributed by atoms with Crippen molar-refractivity contribution in [3.63, 3.8) is 0 Å². The third-order valence-electron chi connectivity index (χ3n) is 1.42. The van der Waals surface area contributed by atoms with Crippen molar-refractivity contribution in [3.8, 4) is 0 Å². The molecule has 3 nitrogen and oxygen atoms in total. The van der Waals surface area contributed by atoms with Crippen molar-refractivity contribution in [2.45, 2.75) is 20.8 Å². The van der Waals surface area contributed by atoms with Crippen LogP contribution in [0.4, 0.5) is 0 Å². The third kappa shape index (κ3) is 3.14. The number of amides is 1. The van der Waals surface area contributed by atoms with Gasteiger partial charge in [0.25, 0.3) is 5.91 Å². The largest absolute Gasteiger partial charge is 0.366 e. The maximum absolute atomic E-state index is 10.7. The van der Waals surface area contributed by atoms with E-state index in [1.54, 1.807) is 6.20 Å². The van der Waals surface area contributed by atoms with Crippen LogP contribution in [-0.2, 0) is 0 Å². The topological polar surface area (TPSA) is 56.0 Å². The molecule has 2 N–H and O–H groups in total. The fraction of sp³-hybridized carbons (Fsp3) is 0.333. The summed E-state index contributed by atoms with van der Waals surface area (Å²) in [6, 6.07) is 0. The summed E-state index contributed by atoms with van der Waals surface area (Å²) in [5.74, 6) is -0.448. The number of nitrogens with zero attached hydrogens (tertiary/aromatic N) is 1. The first-order valence-electron chi connectivity index (χ1n) is 4.03. The summed E-state index contributed by atoms with van der Waals surface area (Å²) in [6.07, 6.45) is 3.09. The van der Waals surface area contributed by atoms with Crippen molar-refractivity contribution in [1.82, 2.24) is 4.98 Å². The summed E-state index contributed by atoms with van der Waals surface area (Å²) in [5.41, 5.74) is 6.37. The Hall–Kier alpha value is -0.900. The predicted octanol–water partition coefficient (Wildman–Crippen LogP) is 2.28. The number of carbonyl (C=O) groups excluding carboxylic acids is 1. The Bertz CT molecular complexity index is 300. The van der Waals surface area contributed by atoms with Crippen molar-refractivity contribution in [3.05, 3.63) is 28.0 Å². The molecule has 0 fully saturated rings.